The normalized spacial score (nSPS) is 12.4. The smallest absolute Gasteiger partial charge is 0.309 e. The lowest BCUT2D eigenvalue weighted by Crippen LogP contribution is -2.28. The first-order chi connectivity index (χ1) is 13.7. The molecule has 1 atom stereocenters. The van der Waals surface area contributed by atoms with Gasteiger partial charge in [-0.2, -0.15) is 0 Å². The van der Waals surface area contributed by atoms with Crippen LogP contribution >= 0.6 is 0 Å². The molecule has 0 fully saturated rings. The van der Waals surface area contributed by atoms with Crippen molar-refractivity contribution in [2.45, 2.75) is 39.7 Å². The molecule has 0 radical (unpaired) electrons. The molecule has 0 aliphatic heterocycles. The molecule has 2 rings (SSSR count). The van der Waals surface area contributed by atoms with Crippen LogP contribution in [0.15, 0.2) is 53.5 Å². The molecule has 154 valence electrons. The lowest BCUT2D eigenvalue weighted by molar-refractivity contribution is -0.159. The largest absolute Gasteiger partial charge is 0.460 e. The van der Waals surface area contributed by atoms with E-state index in [-0.39, 0.29) is 17.8 Å². The molecule has 2 aromatic carbocycles. The fourth-order valence-electron chi connectivity index (χ4n) is 2.61. The van der Waals surface area contributed by atoms with E-state index in [0.29, 0.717) is 23.4 Å². The Hall–Kier alpha value is -3.19. The first kappa shape index (κ1) is 22.1. The molecule has 0 saturated carbocycles. The molecular weight excluding hydrogens is 368 g/mol. The highest BCUT2D eigenvalue weighted by molar-refractivity contribution is 6.04. The second kappa shape index (κ2) is 9.84. The van der Waals surface area contributed by atoms with Crippen LogP contribution < -0.4 is 16.6 Å². The van der Waals surface area contributed by atoms with Crippen molar-refractivity contribution < 1.29 is 14.3 Å². The zero-order valence-electron chi connectivity index (χ0n) is 17.2. The van der Waals surface area contributed by atoms with Crippen LogP contribution in [0.3, 0.4) is 0 Å². The van der Waals surface area contributed by atoms with E-state index < -0.39 is 5.60 Å². The number of nitrogens with zero attached hydrogens (tertiary/aromatic N) is 1. The van der Waals surface area contributed by atoms with Gasteiger partial charge in [-0.15, -0.1) is 0 Å². The second-order valence-electron chi connectivity index (χ2n) is 7.76. The molecule has 0 heterocycles. The molecule has 0 saturated heterocycles. The van der Waals surface area contributed by atoms with Crippen molar-refractivity contribution >= 4 is 29.6 Å². The lowest BCUT2D eigenvalue weighted by Gasteiger charge is -2.22. The molecule has 0 aliphatic carbocycles. The molecule has 1 unspecified atom stereocenters. The van der Waals surface area contributed by atoms with Crippen molar-refractivity contribution in [1.29, 1.82) is 0 Å². The number of nitrogens with two attached hydrogens (primary N) is 1. The Labute approximate surface area is 171 Å². The number of hydrogen-bond acceptors (Lipinski definition) is 5. The minimum absolute atomic E-state index is 0.220. The molecule has 2 aromatic rings. The number of aliphatic imine (C=N–C) groups is 1. The maximum Gasteiger partial charge on any atom is 0.309 e. The van der Waals surface area contributed by atoms with Gasteiger partial charge in [0.25, 0.3) is 5.91 Å². The van der Waals surface area contributed by atoms with Crippen LogP contribution in [-0.2, 0) is 16.0 Å². The number of nitrogens with one attached hydrogen (secondary N) is 2. The zero-order valence-corrected chi connectivity index (χ0v) is 17.2. The van der Waals surface area contributed by atoms with Crippen LogP contribution in [0.2, 0.25) is 0 Å². The summed E-state index contributed by atoms with van der Waals surface area (Å²) in [5.41, 5.74) is 4.58. The maximum atomic E-state index is 12.5. The van der Waals surface area contributed by atoms with E-state index in [1.807, 2.05) is 52.0 Å². The number of carbonyl (C=O) groups is 2. The molecule has 0 spiro atoms. The van der Waals surface area contributed by atoms with Gasteiger partial charge in [0.1, 0.15) is 11.9 Å². The third-order valence-electron chi connectivity index (χ3n) is 3.96. The van der Waals surface area contributed by atoms with Gasteiger partial charge in [-0.25, -0.2) is 10.8 Å². The Kier molecular flexibility index (Phi) is 7.50. The highest BCUT2D eigenvalue weighted by Crippen LogP contribution is 2.19. The van der Waals surface area contributed by atoms with Crippen LogP contribution in [0.4, 0.5) is 11.4 Å². The van der Waals surface area contributed by atoms with Crippen molar-refractivity contribution in [3.8, 4) is 0 Å². The van der Waals surface area contributed by atoms with Gasteiger partial charge in [0.15, 0.2) is 0 Å². The summed E-state index contributed by atoms with van der Waals surface area (Å²) in [4.78, 5) is 28.7. The summed E-state index contributed by atoms with van der Waals surface area (Å²) in [6, 6.07) is 14.3. The van der Waals surface area contributed by atoms with Gasteiger partial charge in [0.2, 0.25) is 0 Å². The third-order valence-corrected chi connectivity index (χ3v) is 3.96. The summed E-state index contributed by atoms with van der Waals surface area (Å²) in [5.74, 6) is 4.45. The molecule has 29 heavy (non-hydrogen) atoms. The molecule has 0 aromatic heterocycles. The SMILES string of the molecule is CC(Cc1ccc(NC(=O)c2cccc(N=CNN)c2)cc1)C(=O)OC(C)(C)C. The standard InChI is InChI=1S/C22H28N4O3/c1-15(21(28)29-22(2,3)4)12-16-8-10-18(11-9-16)26-20(27)17-6-5-7-19(13-17)24-14-25-23/h5-11,13-15H,12,23H2,1-4H3,(H,24,25)(H,26,27). The van der Waals surface area contributed by atoms with Gasteiger partial charge in [0.05, 0.1) is 11.6 Å². The number of hydrazine groups is 1. The fraction of sp³-hybridized carbons (Fsp3) is 0.318. The third kappa shape index (κ3) is 7.38. The Morgan fingerprint density at radius 2 is 1.86 bits per heavy atom. The fourth-order valence-corrected chi connectivity index (χ4v) is 2.61. The van der Waals surface area contributed by atoms with E-state index in [1.165, 1.54) is 6.34 Å². The summed E-state index contributed by atoms with van der Waals surface area (Å²) in [7, 11) is 0. The van der Waals surface area contributed by atoms with E-state index in [0.717, 1.165) is 5.56 Å². The van der Waals surface area contributed by atoms with E-state index in [9.17, 15) is 9.59 Å². The zero-order chi connectivity index (χ0) is 21.4. The monoisotopic (exact) mass is 396 g/mol. The van der Waals surface area contributed by atoms with Crippen LogP contribution in [-0.4, -0.2) is 23.8 Å². The summed E-state index contributed by atoms with van der Waals surface area (Å²) >= 11 is 0. The van der Waals surface area contributed by atoms with Gasteiger partial charge in [0, 0.05) is 11.3 Å². The second-order valence-corrected chi connectivity index (χ2v) is 7.76. The number of esters is 1. The minimum atomic E-state index is -0.497. The van der Waals surface area contributed by atoms with E-state index >= 15 is 0 Å². The number of ether oxygens (including phenoxy) is 1. The molecule has 0 bridgehead atoms. The number of anilines is 1. The topological polar surface area (TPSA) is 106 Å². The summed E-state index contributed by atoms with van der Waals surface area (Å²) in [6.45, 7) is 7.41. The van der Waals surface area contributed by atoms with E-state index in [2.05, 4.69) is 15.7 Å². The van der Waals surface area contributed by atoms with Crippen molar-refractivity contribution in [2.75, 3.05) is 5.32 Å². The van der Waals surface area contributed by atoms with Gasteiger partial charge in [-0.1, -0.05) is 25.1 Å². The van der Waals surface area contributed by atoms with Crippen molar-refractivity contribution in [2.24, 2.45) is 16.8 Å². The highest BCUT2D eigenvalue weighted by Gasteiger charge is 2.21. The number of benzene rings is 2. The van der Waals surface area contributed by atoms with Crippen LogP contribution in [0.1, 0.15) is 43.6 Å². The summed E-state index contributed by atoms with van der Waals surface area (Å²) in [5, 5.41) is 2.85. The minimum Gasteiger partial charge on any atom is -0.460 e. The van der Waals surface area contributed by atoms with Crippen LogP contribution in [0.5, 0.6) is 0 Å². The number of carbonyl (C=O) groups excluding carboxylic acids is 2. The van der Waals surface area contributed by atoms with Gasteiger partial charge < -0.3 is 15.5 Å². The number of amides is 1. The molecule has 0 aliphatic rings. The van der Waals surface area contributed by atoms with Gasteiger partial charge in [-0.3, -0.25) is 9.59 Å². The molecular formula is C22H28N4O3. The average Bonchev–Trinajstić information content (AvgIpc) is 2.66. The van der Waals surface area contributed by atoms with Crippen LogP contribution in [0, 0.1) is 5.92 Å². The molecule has 1 amide bonds. The van der Waals surface area contributed by atoms with Crippen molar-refractivity contribution in [1.82, 2.24) is 5.43 Å². The Morgan fingerprint density at radius 3 is 2.48 bits per heavy atom. The summed E-state index contributed by atoms with van der Waals surface area (Å²) in [6.07, 6.45) is 1.91. The van der Waals surface area contributed by atoms with Crippen molar-refractivity contribution in [3.05, 3.63) is 59.7 Å². The average molecular weight is 396 g/mol. The number of hydrogen-bond donors (Lipinski definition) is 3. The van der Waals surface area contributed by atoms with Crippen LogP contribution in [0.25, 0.3) is 0 Å². The quantitative estimate of drug-likeness (QED) is 0.218. The molecule has 7 nitrogen and oxygen atoms in total. The van der Waals surface area contributed by atoms with E-state index in [4.69, 9.17) is 10.6 Å². The Bertz CT molecular complexity index is 870. The lowest BCUT2D eigenvalue weighted by atomic mass is 10.0. The van der Waals surface area contributed by atoms with Gasteiger partial charge >= 0.3 is 5.97 Å². The molecule has 7 heteroatoms. The highest BCUT2D eigenvalue weighted by atomic mass is 16.6. The summed E-state index contributed by atoms with van der Waals surface area (Å²) < 4.78 is 5.41. The van der Waals surface area contributed by atoms with E-state index in [1.54, 1.807) is 24.3 Å². The predicted molar refractivity (Wildman–Crippen MR) is 115 cm³/mol. The first-order valence-corrected chi connectivity index (χ1v) is 9.40. The predicted octanol–water partition coefficient (Wildman–Crippen LogP) is 3.58. The maximum absolute atomic E-state index is 12.5. The Morgan fingerprint density at radius 1 is 1.17 bits per heavy atom. The number of rotatable bonds is 7. The van der Waals surface area contributed by atoms with Gasteiger partial charge in [-0.05, 0) is 63.1 Å². The molecule has 4 N–H and O–H groups in total. The first-order valence-electron chi connectivity index (χ1n) is 9.40. The Balaban J connectivity index is 1.97. The van der Waals surface area contributed by atoms with Crippen molar-refractivity contribution in [3.63, 3.8) is 0 Å².